The highest BCUT2D eigenvalue weighted by molar-refractivity contribution is 5.80. The molecule has 28 heavy (non-hydrogen) atoms. The van der Waals surface area contributed by atoms with Crippen molar-refractivity contribution >= 4 is 5.97 Å². The summed E-state index contributed by atoms with van der Waals surface area (Å²) in [4.78, 5) is 14.7. The predicted molar refractivity (Wildman–Crippen MR) is 97.4 cm³/mol. The van der Waals surface area contributed by atoms with Crippen molar-refractivity contribution in [1.29, 1.82) is 0 Å². The van der Waals surface area contributed by atoms with Crippen LogP contribution in [0.5, 0.6) is 11.5 Å². The van der Waals surface area contributed by atoms with Crippen LogP contribution >= 0.6 is 0 Å². The van der Waals surface area contributed by atoms with E-state index in [0.717, 1.165) is 24.1 Å². The molecule has 0 amide bonds. The van der Waals surface area contributed by atoms with Crippen LogP contribution in [0.3, 0.4) is 0 Å². The number of carbonyl (C=O) groups excluding carboxylic acids is 1. The molecule has 6 rings (SSSR count). The van der Waals surface area contributed by atoms with E-state index in [1.807, 2.05) is 6.07 Å². The molecule has 2 spiro atoms. The fourth-order valence-corrected chi connectivity index (χ4v) is 6.82. The molecule has 0 aromatic heterocycles. The van der Waals surface area contributed by atoms with Crippen molar-refractivity contribution in [3.8, 4) is 11.5 Å². The Hall–Kier alpha value is -1.83. The molecule has 150 valence electrons. The third kappa shape index (κ3) is 1.63. The van der Waals surface area contributed by atoms with E-state index in [1.54, 1.807) is 13.0 Å². The Morgan fingerprint density at radius 3 is 2.96 bits per heavy atom. The van der Waals surface area contributed by atoms with E-state index < -0.39 is 28.8 Å². The summed E-state index contributed by atoms with van der Waals surface area (Å²) < 4.78 is 17.6. The second kappa shape index (κ2) is 5.01. The maximum absolute atomic E-state index is 12.4. The summed E-state index contributed by atoms with van der Waals surface area (Å²) in [5.74, 6) is 0.183. The van der Waals surface area contributed by atoms with E-state index in [2.05, 4.69) is 11.9 Å². The van der Waals surface area contributed by atoms with Gasteiger partial charge in [-0.25, -0.2) is 4.79 Å². The third-order valence-corrected chi connectivity index (χ3v) is 8.05. The fraction of sp³-hybridized carbons (Fsp3) is 0.667. The number of nitrogens with zero attached hydrogens (tertiary/aromatic N) is 1. The van der Waals surface area contributed by atoms with Crippen LogP contribution in [-0.2, 0) is 26.1 Å². The molecule has 7 nitrogen and oxygen atoms in total. The minimum atomic E-state index is -0.979. The molecular formula is C21H25NO6. The lowest BCUT2D eigenvalue weighted by Crippen LogP contribution is -2.77. The van der Waals surface area contributed by atoms with E-state index in [4.69, 9.17) is 14.2 Å². The molecule has 1 aromatic carbocycles. The van der Waals surface area contributed by atoms with Crippen molar-refractivity contribution in [2.75, 3.05) is 20.2 Å². The number of hydrogen-bond donors (Lipinski definition) is 2. The minimum Gasteiger partial charge on any atom is -0.504 e. The zero-order valence-electron chi connectivity index (χ0n) is 16.1. The van der Waals surface area contributed by atoms with Crippen molar-refractivity contribution in [2.24, 2.45) is 0 Å². The minimum absolute atomic E-state index is 0.0208. The van der Waals surface area contributed by atoms with E-state index >= 15 is 0 Å². The van der Waals surface area contributed by atoms with Gasteiger partial charge in [0.15, 0.2) is 17.6 Å². The molecule has 3 fully saturated rings. The van der Waals surface area contributed by atoms with Gasteiger partial charge in [0, 0.05) is 11.6 Å². The summed E-state index contributed by atoms with van der Waals surface area (Å²) in [6.07, 6.45) is 1.32. The SMILES string of the molecule is CCOC(=O)[C@H]1O[C@@]12CC[C@@]1(O)[C@H]3Cc4ccc(O)c5c4[C@@]1(CCN3C)[C@H]2O5. The Labute approximate surface area is 163 Å². The number of epoxide rings is 1. The molecular weight excluding hydrogens is 362 g/mol. The molecule has 7 heteroatoms. The second-order valence-corrected chi connectivity index (χ2v) is 9.00. The van der Waals surface area contributed by atoms with Crippen LogP contribution in [-0.4, -0.2) is 70.7 Å². The summed E-state index contributed by atoms with van der Waals surface area (Å²) >= 11 is 0. The molecule has 2 saturated heterocycles. The number of esters is 1. The number of piperidine rings is 1. The molecule has 5 aliphatic rings. The summed E-state index contributed by atoms with van der Waals surface area (Å²) in [5, 5.41) is 22.6. The number of phenolic OH excluding ortho intramolecular Hbond substituents is 1. The normalized spacial score (nSPS) is 44.8. The van der Waals surface area contributed by atoms with E-state index in [0.29, 0.717) is 31.6 Å². The van der Waals surface area contributed by atoms with Crippen LogP contribution in [0.4, 0.5) is 0 Å². The number of aromatic hydroxyl groups is 1. The highest BCUT2D eigenvalue weighted by Gasteiger charge is 2.82. The van der Waals surface area contributed by atoms with Crippen LogP contribution in [0.25, 0.3) is 0 Å². The Morgan fingerprint density at radius 2 is 2.18 bits per heavy atom. The Bertz CT molecular complexity index is 903. The van der Waals surface area contributed by atoms with E-state index in [1.165, 1.54) is 0 Å². The number of phenols is 1. The van der Waals surface area contributed by atoms with E-state index in [-0.39, 0.29) is 17.8 Å². The van der Waals surface area contributed by atoms with Gasteiger partial charge in [-0.1, -0.05) is 6.07 Å². The maximum Gasteiger partial charge on any atom is 0.338 e. The van der Waals surface area contributed by atoms with Gasteiger partial charge in [-0.2, -0.15) is 0 Å². The average molecular weight is 387 g/mol. The second-order valence-electron chi connectivity index (χ2n) is 9.00. The average Bonchev–Trinajstić information content (AvgIpc) is 3.27. The first-order valence-electron chi connectivity index (χ1n) is 10.2. The molecule has 3 aliphatic heterocycles. The highest BCUT2D eigenvalue weighted by atomic mass is 16.7. The van der Waals surface area contributed by atoms with Crippen LogP contribution in [0.1, 0.15) is 37.3 Å². The van der Waals surface area contributed by atoms with Crippen molar-refractivity contribution in [2.45, 2.75) is 67.5 Å². The zero-order chi connectivity index (χ0) is 19.5. The van der Waals surface area contributed by atoms with Crippen LogP contribution in [0.2, 0.25) is 0 Å². The number of likely N-dealkylation sites (tertiary alicyclic amines) is 1. The lowest BCUT2D eigenvalue weighted by atomic mass is 9.47. The molecule has 1 aromatic rings. The molecule has 2 aliphatic carbocycles. The van der Waals surface area contributed by atoms with Crippen LogP contribution in [0, 0.1) is 0 Å². The monoisotopic (exact) mass is 387 g/mol. The van der Waals surface area contributed by atoms with Gasteiger partial charge in [0.25, 0.3) is 0 Å². The van der Waals surface area contributed by atoms with Gasteiger partial charge in [0.05, 0.1) is 17.6 Å². The largest absolute Gasteiger partial charge is 0.504 e. The molecule has 6 atom stereocenters. The van der Waals surface area contributed by atoms with Gasteiger partial charge in [-0.3, -0.25) is 0 Å². The first-order chi connectivity index (χ1) is 13.4. The van der Waals surface area contributed by atoms with Crippen molar-refractivity contribution < 1.29 is 29.2 Å². The number of rotatable bonds is 2. The van der Waals surface area contributed by atoms with Crippen LogP contribution < -0.4 is 4.74 Å². The maximum atomic E-state index is 12.4. The van der Waals surface area contributed by atoms with Gasteiger partial charge in [-0.15, -0.1) is 0 Å². The van der Waals surface area contributed by atoms with Crippen LogP contribution in [0.15, 0.2) is 12.1 Å². The summed E-state index contributed by atoms with van der Waals surface area (Å²) in [5.41, 5.74) is -0.402. The smallest absolute Gasteiger partial charge is 0.338 e. The number of hydrogen-bond acceptors (Lipinski definition) is 7. The topological polar surface area (TPSA) is 91.8 Å². The lowest BCUT2D eigenvalue weighted by Gasteiger charge is -2.63. The fourth-order valence-electron chi connectivity index (χ4n) is 6.82. The molecule has 2 bridgehead atoms. The molecule has 0 radical (unpaired) electrons. The zero-order valence-corrected chi connectivity index (χ0v) is 16.1. The van der Waals surface area contributed by atoms with E-state index in [9.17, 15) is 15.0 Å². The highest BCUT2D eigenvalue weighted by Crippen LogP contribution is 2.70. The Morgan fingerprint density at radius 1 is 1.36 bits per heavy atom. The number of ether oxygens (including phenoxy) is 3. The van der Waals surface area contributed by atoms with Crippen molar-refractivity contribution in [3.05, 3.63) is 23.3 Å². The molecule has 3 heterocycles. The van der Waals surface area contributed by atoms with Gasteiger partial charge in [0.2, 0.25) is 0 Å². The van der Waals surface area contributed by atoms with Gasteiger partial charge < -0.3 is 29.3 Å². The van der Waals surface area contributed by atoms with Gasteiger partial charge in [-0.05, 0) is 57.8 Å². The Balaban J connectivity index is 1.55. The number of likely N-dealkylation sites (N-methyl/N-ethyl adjacent to an activating group) is 1. The number of fused-ring (bicyclic) bond motifs is 1. The van der Waals surface area contributed by atoms with Crippen molar-refractivity contribution in [3.63, 3.8) is 0 Å². The van der Waals surface area contributed by atoms with Gasteiger partial charge >= 0.3 is 5.97 Å². The standard InChI is InChI=1S/C21H25NO6/c1-3-26-17(24)16-20(28-16)6-7-21(25)13-10-11-4-5-12(23)15-14(11)19(21,18(20)27-15)8-9-22(13)2/h4-5,13,16,18,23,25H,3,6-10H2,1-2H3/t13-,16-,18-,19+,20+,21-/m1/s1. The quantitative estimate of drug-likeness (QED) is 0.575. The predicted octanol–water partition coefficient (Wildman–Crippen LogP) is 0.877. The first kappa shape index (κ1) is 17.1. The summed E-state index contributed by atoms with van der Waals surface area (Å²) in [6.45, 7) is 2.90. The molecule has 0 unspecified atom stereocenters. The van der Waals surface area contributed by atoms with Crippen molar-refractivity contribution in [1.82, 2.24) is 4.90 Å². The summed E-state index contributed by atoms with van der Waals surface area (Å²) in [6, 6.07) is 3.60. The summed E-state index contributed by atoms with van der Waals surface area (Å²) in [7, 11) is 2.06. The molecule has 2 N–H and O–H groups in total. The van der Waals surface area contributed by atoms with Gasteiger partial charge in [0.1, 0.15) is 11.7 Å². The third-order valence-electron chi connectivity index (χ3n) is 8.05. The molecule has 1 saturated carbocycles. The Kier molecular flexibility index (Phi) is 3.05. The first-order valence-corrected chi connectivity index (χ1v) is 10.2. The number of benzene rings is 1. The number of aliphatic hydroxyl groups is 1. The number of carbonyl (C=O) groups is 1. The lowest BCUT2D eigenvalue weighted by molar-refractivity contribution is -0.196.